The standard InChI is InChI=1S/C5H11NO2/c1-4(5(2)7)6-8-3/h5,7H,1-3H3. The Balaban J connectivity index is 3.61. The average molecular weight is 117 g/mol. The van der Waals surface area contributed by atoms with Gasteiger partial charge in [0.15, 0.2) is 0 Å². The van der Waals surface area contributed by atoms with Crippen molar-refractivity contribution in [2.45, 2.75) is 20.0 Å². The van der Waals surface area contributed by atoms with E-state index in [1.165, 1.54) is 7.11 Å². The largest absolute Gasteiger partial charge is 0.399 e. The molecule has 0 aromatic heterocycles. The Morgan fingerprint density at radius 3 is 2.38 bits per heavy atom. The van der Waals surface area contributed by atoms with Crippen LogP contribution >= 0.6 is 0 Å². The van der Waals surface area contributed by atoms with E-state index in [0.717, 1.165) is 0 Å². The molecule has 0 bridgehead atoms. The minimum Gasteiger partial charge on any atom is -0.399 e. The van der Waals surface area contributed by atoms with E-state index in [4.69, 9.17) is 5.11 Å². The molecule has 1 atom stereocenters. The summed E-state index contributed by atoms with van der Waals surface area (Å²) in [4.78, 5) is 4.39. The van der Waals surface area contributed by atoms with Crippen LogP contribution in [0.2, 0.25) is 0 Å². The molecular formula is C5H11NO2. The molecule has 3 nitrogen and oxygen atoms in total. The van der Waals surface area contributed by atoms with Gasteiger partial charge in [0, 0.05) is 0 Å². The molecule has 0 rings (SSSR count). The molecule has 8 heavy (non-hydrogen) atoms. The van der Waals surface area contributed by atoms with Crippen LogP contribution in [0, 0.1) is 0 Å². The molecule has 0 aromatic carbocycles. The van der Waals surface area contributed by atoms with Crippen molar-refractivity contribution in [2.75, 3.05) is 7.11 Å². The summed E-state index contributed by atoms with van der Waals surface area (Å²) >= 11 is 0. The Labute approximate surface area is 49.0 Å². The summed E-state index contributed by atoms with van der Waals surface area (Å²) in [5.41, 5.74) is 0.590. The van der Waals surface area contributed by atoms with E-state index in [-0.39, 0.29) is 0 Å². The molecule has 0 amide bonds. The lowest BCUT2D eigenvalue weighted by Gasteiger charge is -1.99. The molecule has 0 aliphatic carbocycles. The Morgan fingerprint density at radius 2 is 2.25 bits per heavy atom. The number of rotatable bonds is 2. The highest BCUT2D eigenvalue weighted by molar-refractivity contribution is 5.85. The summed E-state index contributed by atoms with van der Waals surface area (Å²) in [6, 6.07) is 0. The van der Waals surface area contributed by atoms with Gasteiger partial charge in [0.2, 0.25) is 0 Å². The first kappa shape index (κ1) is 7.43. The van der Waals surface area contributed by atoms with Gasteiger partial charge in [0.25, 0.3) is 0 Å². The summed E-state index contributed by atoms with van der Waals surface area (Å²) in [6.07, 6.45) is -0.505. The van der Waals surface area contributed by atoms with Gasteiger partial charge in [-0.25, -0.2) is 0 Å². The number of aliphatic hydroxyl groups is 1. The van der Waals surface area contributed by atoms with E-state index in [0.29, 0.717) is 5.71 Å². The fourth-order valence-electron chi connectivity index (χ4n) is 0.220. The zero-order chi connectivity index (χ0) is 6.57. The van der Waals surface area contributed by atoms with Gasteiger partial charge in [-0.1, -0.05) is 5.16 Å². The van der Waals surface area contributed by atoms with Gasteiger partial charge >= 0.3 is 0 Å². The van der Waals surface area contributed by atoms with Crippen molar-refractivity contribution in [3.8, 4) is 0 Å². The van der Waals surface area contributed by atoms with Crippen LogP contribution < -0.4 is 0 Å². The summed E-state index contributed by atoms with van der Waals surface area (Å²) < 4.78 is 0. The second-order valence-electron chi connectivity index (χ2n) is 1.59. The maximum Gasteiger partial charge on any atom is 0.106 e. The van der Waals surface area contributed by atoms with Crippen molar-refractivity contribution < 1.29 is 9.94 Å². The molecule has 0 aromatic rings. The highest BCUT2D eigenvalue weighted by Crippen LogP contribution is 1.85. The summed E-state index contributed by atoms with van der Waals surface area (Å²) in [6.45, 7) is 3.34. The van der Waals surface area contributed by atoms with E-state index in [1.807, 2.05) is 0 Å². The number of hydrogen-bond acceptors (Lipinski definition) is 3. The van der Waals surface area contributed by atoms with Gasteiger partial charge in [-0.05, 0) is 13.8 Å². The normalized spacial score (nSPS) is 15.8. The maximum absolute atomic E-state index is 8.74. The monoisotopic (exact) mass is 117 g/mol. The molecule has 0 heterocycles. The molecule has 1 unspecified atom stereocenters. The van der Waals surface area contributed by atoms with Crippen molar-refractivity contribution >= 4 is 5.71 Å². The van der Waals surface area contributed by atoms with E-state index >= 15 is 0 Å². The van der Waals surface area contributed by atoms with Crippen LogP contribution in [0.15, 0.2) is 5.16 Å². The smallest absolute Gasteiger partial charge is 0.106 e. The minimum absolute atomic E-state index is 0.505. The zero-order valence-electron chi connectivity index (χ0n) is 5.38. The van der Waals surface area contributed by atoms with Crippen LogP contribution in [0.25, 0.3) is 0 Å². The van der Waals surface area contributed by atoms with Crippen LogP contribution in [-0.2, 0) is 4.84 Å². The number of nitrogens with zero attached hydrogens (tertiary/aromatic N) is 1. The molecule has 0 aliphatic rings. The maximum atomic E-state index is 8.74. The Kier molecular flexibility index (Phi) is 3.19. The Morgan fingerprint density at radius 1 is 1.75 bits per heavy atom. The molecule has 48 valence electrons. The predicted molar refractivity (Wildman–Crippen MR) is 31.8 cm³/mol. The molecule has 1 N–H and O–H groups in total. The quantitative estimate of drug-likeness (QED) is 0.420. The lowest BCUT2D eigenvalue weighted by Crippen LogP contribution is -2.11. The topological polar surface area (TPSA) is 41.8 Å². The van der Waals surface area contributed by atoms with E-state index < -0.39 is 6.10 Å². The van der Waals surface area contributed by atoms with Gasteiger partial charge in [0.05, 0.1) is 11.8 Å². The Hall–Kier alpha value is -0.570. The van der Waals surface area contributed by atoms with Gasteiger partial charge in [-0.3, -0.25) is 0 Å². The number of aliphatic hydroxyl groups excluding tert-OH is 1. The first-order chi connectivity index (χ1) is 3.68. The first-order valence-electron chi connectivity index (χ1n) is 2.44. The highest BCUT2D eigenvalue weighted by Gasteiger charge is 1.97. The lowest BCUT2D eigenvalue weighted by molar-refractivity contribution is 0.199. The lowest BCUT2D eigenvalue weighted by atomic mass is 10.3. The SMILES string of the molecule is CON=C(C)C(C)O. The van der Waals surface area contributed by atoms with Crippen molar-refractivity contribution in [1.82, 2.24) is 0 Å². The fraction of sp³-hybridized carbons (Fsp3) is 0.800. The third-order valence-electron chi connectivity index (χ3n) is 0.840. The van der Waals surface area contributed by atoms with Crippen LogP contribution in [0.5, 0.6) is 0 Å². The van der Waals surface area contributed by atoms with E-state index in [2.05, 4.69) is 9.99 Å². The number of hydrogen-bond donors (Lipinski definition) is 1. The third kappa shape index (κ3) is 2.58. The zero-order valence-corrected chi connectivity index (χ0v) is 5.38. The second-order valence-corrected chi connectivity index (χ2v) is 1.59. The minimum atomic E-state index is -0.505. The number of oxime groups is 1. The van der Waals surface area contributed by atoms with Crippen LogP contribution in [-0.4, -0.2) is 24.0 Å². The van der Waals surface area contributed by atoms with Crippen LogP contribution in [0.1, 0.15) is 13.8 Å². The van der Waals surface area contributed by atoms with Gasteiger partial charge in [-0.15, -0.1) is 0 Å². The van der Waals surface area contributed by atoms with Gasteiger partial charge in [-0.2, -0.15) is 0 Å². The molecule has 0 fully saturated rings. The third-order valence-corrected chi connectivity index (χ3v) is 0.840. The van der Waals surface area contributed by atoms with Crippen molar-refractivity contribution in [2.24, 2.45) is 5.16 Å². The van der Waals surface area contributed by atoms with Crippen LogP contribution in [0.4, 0.5) is 0 Å². The molecule has 0 spiro atoms. The molecule has 0 saturated heterocycles. The van der Waals surface area contributed by atoms with Crippen molar-refractivity contribution in [3.05, 3.63) is 0 Å². The summed E-state index contributed by atoms with van der Waals surface area (Å²) in [7, 11) is 1.45. The predicted octanol–water partition coefficient (Wildman–Crippen LogP) is 0.390. The van der Waals surface area contributed by atoms with Gasteiger partial charge in [0.1, 0.15) is 7.11 Å². The Bertz CT molecular complexity index is 88.4. The molecule has 3 heteroatoms. The summed E-state index contributed by atoms with van der Waals surface area (Å²) in [5, 5.41) is 12.2. The van der Waals surface area contributed by atoms with E-state index in [9.17, 15) is 0 Å². The molecule has 0 radical (unpaired) electrons. The molecule has 0 saturated carbocycles. The first-order valence-corrected chi connectivity index (χ1v) is 2.44. The van der Waals surface area contributed by atoms with Crippen LogP contribution in [0.3, 0.4) is 0 Å². The van der Waals surface area contributed by atoms with Crippen molar-refractivity contribution in [1.29, 1.82) is 0 Å². The fourth-order valence-corrected chi connectivity index (χ4v) is 0.220. The molecular weight excluding hydrogens is 106 g/mol. The molecule has 0 aliphatic heterocycles. The van der Waals surface area contributed by atoms with E-state index in [1.54, 1.807) is 13.8 Å². The van der Waals surface area contributed by atoms with Gasteiger partial charge < -0.3 is 9.94 Å². The highest BCUT2D eigenvalue weighted by atomic mass is 16.6. The summed E-state index contributed by atoms with van der Waals surface area (Å²) in [5.74, 6) is 0. The van der Waals surface area contributed by atoms with Crippen molar-refractivity contribution in [3.63, 3.8) is 0 Å². The second kappa shape index (κ2) is 3.43. The average Bonchev–Trinajstić information content (AvgIpc) is 1.67.